The number of aromatic carboxylic acids is 1. The fourth-order valence-electron chi connectivity index (χ4n) is 1.60. The van der Waals surface area contributed by atoms with Crippen LogP contribution in [0.15, 0.2) is 36.4 Å². The number of rotatable bonds is 3. The first-order valence-corrected chi connectivity index (χ1v) is 5.69. The average molecular weight is 292 g/mol. The molecular weight excluding hydrogens is 284 g/mol. The number of hydrogen-bond acceptors (Lipinski definition) is 3. The number of carboxylic acid groups (broad SMARTS) is 1. The second-order valence-electron chi connectivity index (χ2n) is 4.10. The summed E-state index contributed by atoms with van der Waals surface area (Å²) in [5.41, 5.74) is -0.310. The minimum Gasteiger partial charge on any atom is -0.872 e. The largest absolute Gasteiger partial charge is 0.872 e. The molecule has 2 aromatic rings. The Morgan fingerprint density at radius 1 is 1.05 bits per heavy atom. The molecule has 0 saturated carbocycles. The average Bonchev–Trinajstić information content (AvgIpc) is 2.43. The standard InChI is InChI=1S/C14H9F2NO4/c15-10-5-9(12(18)6-11(10)16)13(19)17-8-3-1-7(2-4-8)14(20)21/h1-6,18H,(H,17,19)(H,20,21)/p-1. The monoisotopic (exact) mass is 292 g/mol. The highest BCUT2D eigenvalue weighted by Crippen LogP contribution is 2.20. The van der Waals surface area contributed by atoms with Gasteiger partial charge in [0.05, 0.1) is 5.56 Å². The van der Waals surface area contributed by atoms with Crippen molar-refractivity contribution in [1.82, 2.24) is 0 Å². The molecule has 0 aliphatic heterocycles. The second kappa shape index (κ2) is 5.58. The van der Waals surface area contributed by atoms with Crippen LogP contribution in [0.4, 0.5) is 14.5 Å². The van der Waals surface area contributed by atoms with Crippen LogP contribution < -0.4 is 10.4 Å². The van der Waals surface area contributed by atoms with Crippen LogP contribution >= 0.6 is 0 Å². The van der Waals surface area contributed by atoms with E-state index in [0.29, 0.717) is 12.1 Å². The van der Waals surface area contributed by atoms with Gasteiger partial charge in [0, 0.05) is 11.3 Å². The lowest BCUT2D eigenvalue weighted by Gasteiger charge is -2.13. The van der Waals surface area contributed by atoms with Gasteiger partial charge in [0.25, 0.3) is 5.91 Å². The third-order valence-corrected chi connectivity index (χ3v) is 2.66. The summed E-state index contributed by atoms with van der Waals surface area (Å²) in [6.07, 6.45) is 0. The summed E-state index contributed by atoms with van der Waals surface area (Å²) < 4.78 is 25.8. The molecule has 2 rings (SSSR count). The van der Waals surface area contributed by atoms with E-state index in [0.717, 1.165) is 0 Å². The second-order valence-corrected chi connectivity index (χ2v) is 4.10. The highest BCUT2D eigenvalue weighted by atomic mass is 19.2. The van der Waals surface area contributed by atoms with Crippen LogP contribution in [0.5, 0.6) is 5.75 Å². The van der Waals surface area contributed by atoms with E-state index in [1.807, 2.05) is 0 Å². The molecule has 2 aromatic carbocycles. The molecule has 0 spiro atoms. The smallest absolute Gasteiger partial charge is 0.335 e. The Kier molecular flexibility index (Phi) is 3.84. The molecule has 0 bridgehead atoms. The van der Waals surface area contributed by atoms with Crippen LogP contribution in [0, 0.1) is 11.6 Å². The van der Waals surface area contributed by atoms with Gasteiger partial charge in [-0.1, -0.05) is 5.75 Å². The molecule has 0 radical (unpaired) electrons. The number of hydrogen-bond donors (Lipinski definition) is 2. The lowest BCUT2D eigenvalue weighted by molar-refractivity contribution is -0.269. The van der Waals surface area contributed by atoms with Gasteiger partial charge in [-0.15, -0.1) is 0 Å². The molecule has 0 heterocycles. The van der Waals surface area contributed by atoms with Crippen molar-refractivity contribution in [1.29, 1.82) is 0 Å². The Balaban J connectivity index is 2.22. The summed E-state index contributed by atoms with van der Waals surface area (Å²) in [7, 11) is 0. The first-order valence-electron chi connectivity index (χ1n) is 5.69. The molecule has 5 nitrogen and oxygen atoms in total. The molecule has 7 heteroatoms. The maximum absolute atomic E-state index is 13.0. The minimum atomic E-state index is -1.33. The van der Waals surface area contributed by atoms with E-state index in [9.17, 15) is 23.5 Å². The molecule has 21 heavy (non-hydrogen) atoms. The van der Waals surface area contributed by atoms with E-state index < -0.39 is 34.8 Å². The lowest BCUT2D eigenvalue weighted by Crippen LogP contribution is -2.15. The number of amides is 1. The number of carbonyl (C=O) groups is 2. The number of carboxylic acids is 1. The lowest BCUT2D eigenvalue weighted by atomic mass is 10.1. The van der Waals surface area contributed by atoms with Crippen molar-refractivity contribution in [2.75, 3.05) is 5.32 Å². The normalized spacial score (nSPS) is 10.2. The Morgan fingerprint density at radius 2 is 1.62 bits per heavy atom. The van der Waals surface area contributed by atoms with E-state index in [4.69, 9.17) is 5.11 Å². The molecule has 2 N–H and O–H groups in total. The van der Waals surface area contributed by atoms with Crippen molar-refractivity contribution >= 4 is 17.6 Å². The first kappa shape index (κ1) is 14.4. The highest BCUT2D eigenvalue weighted by molar-refractivity contribution is 6.06. The fourth-order valence-corrected chi connectivity index (χ4v) is 1.60. The summed E-state index contributed by atoms with van der Waals surface area (Å²) in [4.78, 5) is 22.5. The van der Waals surface area contributed by atoms with Crippen molar-refractivity contribution in [3.05, 3.63) is 59.2 Å². The van der Waals surface area contributed by atoms with E-state index >= 15 is 0 Å². The van der Waals surface area contributed by atoms with Crippen molar-refractivity contribution < 1.29 is 28.6 Å². The van der Waals surface area contributed by atoms with Crippen molar-refractivity contribution in [2.45, 2.75) is 0 Å². The maximum Gasteiger partial charge on any atom is 0.335 e. The summed E-state index contributed by atoms with van der Waals surface area (Å²) in [6.45, 7) is 0. The molecule has 0 aromatic heterocycles. The number of carbonyl (C=O) groups excluding carboxylic acids is 1. The van der Waals surface area contributed by atoms with Gasteiger partial charge in [-0.3, -0.25) is 4.79 Å². The SMILES string of the molecule is O=C(O)c1ccc(NC(=O)c2cc(F)c(F)cc2[O-])cc1. The maximum atomic E-state index is 13.0. The van der Waals surface area contributed by atoms with Crippen LogP contribution in [-0.2, 0) is 0 Å². The number of anilines is 1. The van der Waals surface area contributed by atoms with Crippen molar-refractivity contribution in [3.63, 3.8) is 0 Å². The van der Waals surface area contributed by atoms with Crippen LogP contribution in [0.1, 0.15) is 20.7 Å². The fraction of sp³-hybridized carbons (Fsp3) is 0. The zero-order valence-corrected chi connectivity index (χ0v) is 10.4. The molecule has 0 aliphatic rings. The highest BCUT2D eigenvalue weighted by Gasteiger charge is 2.12. The van der Waals surface area contributed by atoms with Gasteiger partial charge in [0.2, 0.25) is 0 Å². The van der Waals surface area contributed by atoms with Crippen molar-refractivity contribution in [3.8, 4) is 5.75 Å². The molecule has 0 atom stereocenters. The van der Waals surface area contributed by atoms with Gasteiger partial charge < -0.3 is 15.5 Å². The number of benzene rings is 2. The van der Waals surface area contributed by atoms with Gasteiger partial charge in [-0.25, -0.2) is 13.6 Å². The van der Waals surface area contributed by atoms with E-state index in [-0.39, 0.29) is 11.3 Å². The van der Waals surface area contributed by atoms with E-state index in [1.54, 1.807) is 0 Å². The molecule has 108 valence electrons. The summed E-state index contributed by atoms with van der Waals surface area (Å²) in [5, 5.41) is 22.4. The predicted molar refractivity (Wildman–Crippen MR) is 67.2 cm³/mol. The van der Waals surface area contributed by atoms with Crippen molar-refractivity contribution in [2.24, 2.45) is 0 Å². The van der Waals surface area contributed by atoms with Gasteiger partial charge in [-0.05, 0) is 36.4 Å². The van der Waals surface area contributed by atoms with Gasteiger partial charge in [0.1, 0.15) is 0 Å². The Bertz CT molecular complexity index is 714. The molecular formula is C14H8F2NO4-. The zero-order valence-electron chi connectivity index (χ0n) is 10.4. The Morgan fingerprint density at radius 3 is 2.19 bits per heavy atom. The summed E-state index contributed by atoms with van der Waals surface area (Å²) >= 11 is 0. The summed E-state index contributed by atoms with van der Waals surface area (Å²) in [6, 6.07) is 6.02. The molecule has 0 saturated heterocycles. The quantitative estimate of drug-likeness (QED) is 0.905. The van der Waals surface area contributed by atoms with Gasteiger partial charge in [0.15, 0.2) is 11.6 Å². The van der Waals surface area contributed by atoms with Crippen LogP contribution in [0.2, 0.25) is 0 Å². The van der Waals surface area contributed by atoms with Gasteiger partial charge in [-0.2, -0.15) is 0 Å². The molecule has 0 aliphatic carbocycles. The van der Waals surface area contributed by atoms with Crippen LogP contribution in [0.25, 0.3) is 0 Å². The topological polar surface area (TPSA) is 89.5 Å². The third-order valence-electron chi connectivity index (χ3n) is 2.66. The molecule has 0 unspecified atom stereocenters. The molecule has 0 fully saturated rings. The minimum absolute atomic E-state index is 0.0188. The third kappa shape index (κ3) is 3.14. The first-order chi connectivity index (χ1) is 9.88. The predicted octanol–water partition coefficient (Wildman–Crippen LogP) is 1.99. The zero-order chi connectivity index (χ0) is 15.6. The van der Waals surface area contributed by atoms with Crippen LogP contribution in [0.3, 0.4) is 0 Å². The Hall–Kier alpha value is -2.96. The Labute approximate surface area is 117 Å². The van der Waals surface area contributed by atoms with Gasteiger partial charge >= 0.3 is 5.97 Å². The molecule has 1 amide bonds. The summed E-state index contributed by atoms with van der Waals surface area (Å²) in [5.74, 6) is -5.63. The number of halogens is 2. The van der Waals surface area contributed by atoms with E-state index in [1.165, 1.54) is 24.3 Å². The van der Waals surface area contributed by atoms with Crippen LogP contribution in [-0.4, -0.2) is 17.0 Å². The number of nitrogens with one attached hydrogen (secondary N) is 1. The van der Waals surface area contributed by atoms with E-state index in [2.05, 4.69) is 5.32 Å².